The molecule has 98 valence electrons. The highest BCUT2D eigenvalue weighted by molar-refractivity contribution is 6.04. The minimum atomic E-state index is 0.0668. The van der Waals surface area contributed by atoms with E-state index in [9.17, 15) is 4.79 Å². The van der Waals surface area contributed by atoms with E-state index < -0.39 is 0 Å². The van der Waals surface area contributed by atoms with Crippen LogP contribution in [0.25, 0.3) is 21.9 Å². The van der Waals surface area contributed by atoms with E-state index in [0.29, 0.717) is 17.8 Å². The lowest BCUT2D eigenvalue weighted by molar-refractivity contribution is -0.108. The van der Waals surface area contributed by atoms with E-state index >= 15 is 0 Å². The van der Waals surface area contributed by atoms with E-state index in [0.717, 1.165) is 28.2 Å². The summed E-state index contributed by atoms with van der Waals surface area (Å²) < 4.78 is 16.6. The van der Waals surface area contributed by atoms with Crippen LogP contribution in [0, 0.1) is 0 Å². The van der Waals surface area contributed by atoms with Crippen molar-refractivity contribution in [1.82, 2.24) is 0 Å². The molecular formula is C15H14O4. The molecule has 0 spiro atoms. The Balaban J connectivity index is 2.42. The highest BCUT2D eigenvalue weighted by Gasteiger charge is 2.22. The van der Waals surface area contributed by atoms with Gasteiger partial charge in [-0.1, -0.05) is 6.92 Å². The summed E-state index contributed by atoms with van der Waals surface area (Å²) in [5.41, 5.74) is 2.46. The molecule has 0 bridgehead atoms. The molecule has 0 saturated carbocycles. The van der Waals surface area contributed by atoms with Crippen molar-refractivity contribution in [3.63, 3.8) is 0 Å². The third-order valence-electron chi connectivity index (χ3n) is 3.46. The average molecular weight is 258 g/mol. The lowest BCUT2D eigenvalue weighted by Gasteiger charge is -2.12. The molecule has 2 aromatic heterocycles. The first-order valence-electron chi connectivity index (χ1n) is 6.15. The van der Waals surface area contributed by atoms with Gasteiger partial charge >= 0.3 is 0 Å². The Morgan fingerprint density at radius 3 is 2.58 bits per heavy atom. The molecule has 0 saturated heterocycles. The maximum atomic E-state index is 10.8. The molecule has 0 aliphatic rings. The van der Waals surface area contributed by atoms with Crippen molar-refractivity contribution >= 4 is 28.2 Å². The number of ether oxygens (including phenoxy) is 1. The van der Waals surface area contributed by atoms with Gasteiger partial charge in [-0.25, -0.2) is 0 Å². The summed E-state index contributed by atoms with van der Waals surface area (Å²) in [5, 5.41) is 1.81. The van der Waals surface area contributed by atoms with Crippen molar-refractivity contribution in [3.05, 3.63) is 30.2 Å². The highest BCUT2D eigenvalue weighted by atomic mass is 16.5. The van der Waals surface area contributed by atoms with Gasteiger partial charge in [-0.3, -0.25) is 0 Å². The molecule has 4 heteroatoms. The Hall–Kier alpha value is -2.23. The second-order valence-corrected chi connectivity index (χ2v) is 4.58. The van der Waals surface area contributed by atoms with Crippen LogP contribution in [0.15, 0.2) is 33.5 Å². The third kappa shape index (κ3) is 1.63. The normalized spacial score (nSPS) is 12.9. The molecular weight excluding hydrogens is 244 g/mol. The van der Waals surface area contributed by atoms with Crippen LogP contribution in [-0.2, 0) is 4.79 Å². The van der Waals surface area contributed by atoms with Gasteiger partial charge in [0.25, 0.3) is 0 Å². The zero-order valence-electron chi connectivity index (χ0n) is 10.8. The number of furan rings is 2. The Morgan fingerprint density at radius 2 is 1.89 bits per heavy atom. The molecule has 1 atom stereocenters. The monoisotopic (exact) mass is 258 g/mol. The number of carbonyl (C=O) groups excluding carboxylic acids is 1. The topological polar surface area (TPSA) is 52.6 Å². The molecule has 19 heavy (non-hydrogen) atoms. The fraction of sp³-hybridized carbons (Fsp3) is 0.267. The van der Waals surface area contributed by atoms with Crippen molar-refractivity contribution in [2.75, 3.05) is 7.11 Å². The predicted octanol–water partition coefficient (Wildman–Crippen LogP) is 3.88. The quantitative estimate of drug-likeness (QED) is 0.666. The minimum absolute atomic E-state index is 0.0668. The average Bonchev–Trinajstić information content (AvgIpc) is 3.03. The van der Waals surface area contributed by atoms with Gasteiger partial charge in [0.05, 0.1) is 25.0 Å². The van der Waals surface area contributed by atoms with Gasteiger partial charge in [-0.05, 0) is 18.1 Å². The lowest BCUT2D eigenvalue weighted by Crippen LogP contribution is -1.97. The van der Waals surface area contributed by atoms with E-state index in [4.69, 9.17) is 13.6 Å². The van der Waals surface area contributed by atoms with Gasteiger partial charge < -0.3 is 18.4 Å². The predicted molar refractivity (Wildman–Crippen MR) is 71.6 cm³/mol. The summed E-state index contributed by atoms with van der Waals surface area (Å²) >= 11 is 0. The number of hydrogen-bond donors (Lipinski definition) is 0. The van der Waals surface area contributed by atoms with Gasteiger partial charge in [0.2, 0.25) is 0 Å². The Bertz CT molecular complexity index is 683. The van der Waals surface area contributed by atoms with E-state index in [-0.39, 0.29) is 5.92 Å². The van der Waals surface area contributed by atoms with E-state index in [1.165, 1.54) is 0 Å². The van der Waals surface area contributed by atoms with Crippen molar-refractivity contribution < 1.29 is 18.4 Å². The van der Waals surface area contributed by atoms with Crippen molar-refractivity contribution in [2.45, 2.75) is 19.3 Å². The Kier molecular flexibility index (Phi) is 2.78. The summed E-state index contributed by atoms with van der Waals surface area (Å²) in [6.07, 6.45) is 4.63. The molecule has 3 aromatic rings. The molecule has 4 nitrogen and oxygen atoms in total. The largest absolute Gasteiger partial charge is 0.492 e. The molecule has 0 radical (unpaired) electrons. The van der Waals surface area contributed by atoms with Crippen LogP contribution < -0.4 is 4.74 Å². The standard InChI is InChI=1S/C15H14O4/c1-9(3-6-16)12-10-4-7-19-15(10)14(17-2)11-5-8-18-13(11)12/h4-9H,3H2,1-2H3. The van der Waals surface area contributed by atoms with Gasteiger partial charge in [0.15, 0.2) is 11.3 Å². The first-order chi connectivity index (χ1) is 9.27. The molecule has 1 unspecified atom stereocenters. The number of carbonyl (C=O) groups is 1. The number of benzene rings is 1. The number of aldehydes is 1. The van der Waals surface area contributed by atoms with Crippen molar-refractivity contribution in [1.29, 1.82) is 0 Å². The zero-order chi connectivity index (χ0) is 13.4. The van der Waals surface area contributed by atoms with E-state index in [1.54, 1.807) is 19.6 Å². The molecule has 1 aromatic carbocycles. The number of hydrogen-bond acceptors (Lipinski definition) is 4. The highest BCUT2D eigenvalue weighted by Crippen LogP contribution is 2.42. The first-order valence-corrected chi connectivity index (χ1v) is 6.15. The third-order valence-corrected chi connectivity index (χ3v) is 3.46. The molecule has 0 fully saturated rings. The van der Waals surface area contributed by atoms with Gasteiger partial charge in [-0.15, -0.1) is 0 Å². The van der Waals surface area contributed by atoms with Crippen LogP contribution in [0.2, 0.25) is 0 Å². The molecule has 0 N–H and O–H groups in total. The fourth-order valence-corrected chi connectivity index (χ4v) is 2.59. The smallest absolute Gasteiger partial charge is 0.176 e. The second kappa shape index (κ2) is 4.46. The SMILES string of the molecule is COc1c2ccoc2c(C(C)CC=O)c2ccoc12. The number of rotatable bonds is 4. The van der Waals surface area contributed by atoms with E-state index in [1.807, 2.05) is 19.1 Å². The van der Waals surface area contributed by atoms with Gasteiger partial charge in [0, 0.05) is 17.4 Å². The maximum absolute atomic E-state index is 10.8. The second-order valence-electron chi connectivity index (χ2n) is 4.58. The molecule has 0 amide bonds. The summed E-state index contributed by atoms with van der Waals surface area (Å²) in [5.74, 6) is 0.739. The van der Waals surface area contributed by atoms with Crippen molar-refractivity contribution in [3.8, 4) is 5.75 Å². The van der Waals surface area contributed by atoms with Crippen LogP contribution >= 0.6 is 0 Å². The summed E-state index contributed by atoms with van der Waals surface area (Å²) in [4.78, 5) is 10.8. The molecule has 2 heterocycles. The Labute approximate surface area is 109 Å². The van der Waals surface area contributed by atoms with Gasteiger partial charge in [0.1, 0.15) is 11.9 Å². The number of methoxy groups -OCH3 is 1. The van der Waals surface area contributed by atoms with E-state index in [2.05, 4.69) is 0 Å². The minimum Gasteiger partial charge on any atom is -0.492 e. The zero-order valence-corrected chi connectivity index (χ0v) is 10.8. The van der Waals surface area contributed by atoms with Crippen LogP contribution in [0.5, 0.6) is 5.75 Å². The summed E-state index contributed by atoms with van der Waals surface area (Å²) in [7, 11) is 1.61. The first kappa shape index (κ1) is 11.8. The summed E-state index contributed by atoms with van der Waals surface area (Å²) in [6.45, 7) is 2.00. The van der Waals surface area contributed by atoms with Crippen LogP contribution in [0.4, 0.5) is 0 Å². The fourth-order valence-electron chi connectivity index (χ4n) is 2.59. The summed E-state index contributed by atoms with van der Waals surface area (Å²) in [6, 6.07) is 3.74. The van der Waals surface area contributed by atoms with Crippen LogP contribution in [0.1, 0.15) is 24.8 Å². The number of fused-ring (bicyclic) bond motifs is 2. The molecule has 3 rings (SSSR count). The lowest BCUT2D eigenvalue weighted by atomic mass is 9.93. The molecule has 0 aliphatic heterocycles. The van der Waals surface area contributed by atoms with Crippen LogP contribution in [0.3, 0.4) is 0 Å². The van der Waals surface area contributed by atoms with Crippen LogP contribution in [-0.4, -0.2) is 13.4 Å². The molecule has 0 aliphatic carbocycles. The Morgan fingerprint density at radius 1 is 1.21 bits per heavy atom. The maximum Gasteiger partial charge on any atom is 0.176 e. The van der Waals surface area contributed by atoms with Crippen molar-refractivity contribution in [2.24, 2.45) is 0 Å². The van der Waals surface area contributed by atoms with Gasteiger partial charge in [-0.2, -0.15) is 0 Å².